The largest absolute Gasteiger partial charge is 0.371 e. The molecule has 0 aromatic heterocycles. The summed E-state index contributed by atoms with van der Waals surface area (Å²) in [5, 5.41) is 11.9. The average molecular weight is 399 g/mol. The van der Waals surface area contributed by atoms with E-state index >= 15 is 0 Å². The van der Waals surface area contributed by atoms with Crippen molar-refractivity contribution in [3.8, 4) is 0 Å². The van der Waals surface area contributed by atoms with Crippen LogP contribution in [0.4, 0.5) is 11.4 Å². The van der Waals surface area contributed by atoms with Gasteiger partial charge >= 0.3 is 0 Å². The molecule has 0 saturated carbocycles. The Morgan fingerprint density at radius 2 is 1.23 bits per heavy atom. The van der Waals surface area contributed by atoms with Gasteiger partial charge in [0, 0.05) is 41.7 Å². The van der Waals surface area contributed by atoms with Gasteiger partial charge in [0.25, 0.3) is 5.69 Å². The Kier molecular flexibility index (Phi) is 4.21. The lowest BCUT2D eigenvalue weighted by Gasteiger charge is -2.50. The van der Waals surface area contributed by atoms with Gasteiger partial charge in [-0.25, -0.2) is 0 Å². The van der Waals surface area contributed by atoms with Crippen LogP contribution in [0.15, 0.2) is 72.8 Å². The standard InChI is InChI=1S/C26H26N2O2/c1-25(19-9-5-3-6-10-19)13-15-27-16-14-26(2,20-11-7-4-8-12-20)23-18-21(28(29)30)17-22(25)24(23)27/h3-12,17-18H,13-16H2,1-2H3/t25-,26-/m1/s1. The van der Waals surface area contributed by atoms with E-state index in [-0.39, 0.29) is 21.4 Å². The minimum atomic E-state index is -0.247. The highest BCUT2D eigenvalue weighted by molar-refractivity contribution is 5.73. The molecule has 0 bridgehead atoms. The highest BCUT2D eigenvalue weighted by Gasteiger charge is 2.45. The van der Waals surface area contributed by atoms with Crippen molar-refractivity contribution in [3.05, 3.63) is 105 Å². The molecule has 152 valence electrons. The van der Waals surface area contributed by atoms with Crippen LogP contribution in [0.25, 0.3) is 0 Å². The third kappa shape index (κ3) is 2.67. The zero-order valence-corrected chi connectivity index (χ0v) is 17.5. The molecule has 5 rings (SSSR count). The number of anilines is 1. The summed E-state index contributed by atoms with van der Waals surface area (Å²) in [7, 11) is 0. The predicted octanol–water partition coefficient (Wildman–Crippen LogP) is 5.82. The second-order valence-electron chi connectivity index (χ2n) is 9.03. The predicted molar refractivity (Wildman–Crippen MR) is 120 cm³/mol. The van der Waals surface area contributed by atoms with Gasteiger partial charge in [-0.15, -0.1) is 0 Å². The SMILES string of the molecule is C[C@]1(c2ccccc2)CCN2CC[C@](C)(c3ccccc3)c3cc([N+](=O)[O-])cc1c32. The maximum atomic E-state index is 11.9. The van der Waals surface area contributed by atoms with E-state index in [9.17, 15) is 10.1 Å². The van der Waals surface area contributed by atoms with Gasteiger partial charge < -0.3 is 4.90 Å². The molecule has 0 radical (unpaired) electrons. The van der Waals surface area contributed by atoms with Gasteiger partial charge in [0.2, 0.25) is 0 Å². The molecule has 4 heteroatoms. The van der Waals surface area contributed by atoms with Crippen LogP contribution >= 0.6 is 0 Å². The fraction of sp³-hybridized carbons (Fsp3) is 0.308. The summed E-state index contributed by atoms with van der Waals surface area (Å²) in [6.45, 7) is 6.42. The van der Waals surface area contributed by atoms with Gasteiger partial charge in [-0.2, -0.15) is 0 Å². The number of hydrogen-bond acceptors (Lipinski definition) is 3. The summed E-state index contributed by atoms with van der Waals surface area (Å²) in [5.74, 6) is 0. The first-order valence-corrected chi connectivity index (χ1v) is 10.6. The molecule has 0 saturated heterocycles. The van der Waals surface area contributed by atoms with Gasteiger partial charge in [-0.1, -0.05) is 74.5 Å². The molecule has 2 heterocycles. The first kappa shape index (κ1) is 18.9. The summed E-state index contributed by atoms with van der Waals surface area (Å²) >= 11 is 0. The van der Waals surface area contributed by atoms with Crippen LogP contribution in [0.3, 0.4) is 0 Å². The van der Waals surface area contributed by atoms with Crippen LogP contribution < -0.4 is 4.90 Å². The second kappa shape index (κ2) is 6.69. The molecule has 2 atom stereocenters. The molecule has 3 aromatic carbocycles. The van der Waals surface area contributed by atoms with Crippen molar-refractivity contribution >= 4 is 11.4 Å². The molecule has 0 amide bonds. The number of nitrogens with zero attached hydrogens (tertiary/aromatic N) is 2. The summed E-state index contributed by atoms with van der Waals surface area (Å²) < 4.78 is 0. The monoisotopic (exact) mass is 398 g/mol. The fourth-order valence-electron chi connectivity index (χ4n) is 5.44. The van der Waals surface area contributed by atoms with E-state index in [1.165, 1.54) is 16.8 Å². The van der Waals surface area contributed by atoms with Crippen LogP contribution in [0.5, 0.6) is 0 Å². The number of hydrogen-bond donors (Lipinski definition) is 0. The Bertz CT molecular complexity index is 1030. The minimum absolute atomic E-state index is 0.191. The van der Waals surface area contributed by atoms with E-state index in [4.69, 9.17) is 0 Å². The summed E-state index contributed by atoms with van der Waals surface area (Å²) in [4.78, 5) is 14.2. The minimum Gasteiger partial charge on any atom is -0.371 e. The normalized spacial score (nSPS) is 24.9. The molecule has 0 spiro atoms. The maximum absolute atomic E-state index is 11.9. The van der Waals surface area contributed by atoms with Crippen LogP contribution in [0.2, 0.25) is 0 Å². The van der Waals surface area contributed by atoms with Gasteiger partial charge in [-0.3, -0.25) is 10.1 Å². The van der Waals surface area contributed by atoms with Gasteiger partial charge in [0.1, 0.15) is 0 Å². The van der Waals surface area contributed by atoms with Crippen molar-refractivity contribution in [1.82, 2.24) is 0 Å². The van der Waals surface area contributed by atoms with Crippen molar-refractivity contribution in [2.75, 3.05) is 18.0 Å². The van der Waals surface area contributed by atoms with Crippen molar-refractivity contribution in [2.45, 2.75) is 37.5 Å². The molecule has 3 aromatic rings. The number of nitro benzene ring substituents is 1. The van der Waals surface area contributed by atoms with Crippen LogP contribution in [-0.4, -0.2) is 18.0 Å². The zero-order valence-electron chi connectivity index (χ0n) is 17.5. The third-order valence-electron chi connectivity index (χ3n) is 7.40. The molecule has 2 aliphatic heterocycles. The van der Waals surface area contributed by atoms with Gasteiger partial charge in [-0.05, 0) is 35.1 Å². The highest BCUT2D eigenvalue weighted by Crippen LogP contribution is 2.54. The molecule has 0 N–H and O–H groups in total. The molecular weight excluding hydrogens is 372 g/mol. The van der Waals surface area contributed by atoms with Crippen LogP contribution in [0, 0.1) is 10.1 Å². The third-order valence-corrected chi connectivity index (χ3v) is 7.40. The van der Waals surface area contributed by atoms with Gasteiger partial charge in [0.15, 0.2) is 0 Å². The van der Waals surface area contributed by atoms with E-state index < -0.39 is 0 Å². The zero-order chi connectivity index (χ0) is 20.9. The van der Waals surface area contributed by atoms with Crippen molar-refractivity contribution in [1.29, 1.82) is 0 Å². The van der Waals surface area contributed by atoms with Crippen LogP contribution in [0.1, 0.15) is 48.9 Å². The molecule has 30 heavy (non-hydrogen) atoms. The van der Waals surface area contributed by atoms with Crippen molar-refractivity contribution in [2.24, 2.45) is 0 Å². The molecule has 0 aliphatic carbocycles. The molecule has 4 nitrogen and oxygen atoms in total. The van der Waals surface area contributed by atoms with E-state index in [0.29, 0.717) is 0 Å². The topological polar surface area (TPSA) is 46.4 Å². The van der Waals surface area contributed by atoms with Crippen LogP contribution in [-0.2, 0) is 10.8 Å². The lowest BCUT2D eigenvalue weighted by atomic mass is 9.64. The van der Waals surface area contributed by atoms with E-state index in [0.717, 1.165) is 37.1 Å². The Morgan fingerprint density at radius 1 is 0.800 bits per heavy atom. The molecule has 0 unspecified atom stereocenters. The first-order chi connectivity index (χ1) is 14.4. The fourth-order valence-corrected chi connectivity index (χ4v) is 5.44. The lowest BCUT2D eigenvalue weighted by Crippen LogP contribution is -2.46. The van der Waals surface area contributed by atoms with Crippen molar-refractivity contribution < 1.29 is 4.92 Å². The molecule has 2 aliphatic rings. The smallest absolute Gasteiger partial charge is 0.270 e. The van der Waals surface area contributed by atoms with E-state index in [1.807, 2.05) is 24.3 Å². The van der Waals surface area contributed by atoms with Crippen molar-refractivity contribution in [3.63, 3.8) is 0 Å². The quantitative estimate of drug-likeness (QED) is 0.412. The lowest BCUT2D eigenvalue weighted by molar-refractivity contribution is -0.385. The van der Waals surface area contributed by atoms with E-state index in [1.54, 1.807) is 0 Å². The number of benzene rings is 3. The number of rotatable bonds is 3. The summed E-state index contributed by atoms with van der Waals surface area (Å²) in [5.41, 5.74) is 5.52. The first-order valence-electron chi connectivity index (χ1n) is 10.6. The number of nitro groups is 1. The summed E-state index contributed by atoms with van der Waals surface area (Å²) in [6, 6.07) is 24.6. The summed E-state index contributed by atoms with van der Waals surface area (Å²) in [6.07, 6.45) is 1.90. The Hall–Kier alpha value is -3.14. The molecular formula is C26H26N2O2. The Labute approximate surface area is 177 Å². The Balaban J connectivity index is 1.81. The van der Waals surface area contributed by atoms with E-state index in [2.05, 4.69) is 67.3 Å². The molecule has 0 fully saturated rings. The average Bonchev–Trinajstić information content (AvgIpc) is 2.79. The van der Waals surface area contributed by atoms with Gasteiger partial charge in [0.05, 0.1) is 4.92 Å². The Morgan fingerprint density at radius 3 is 1.63 bits per heavy atom. The maximum Gasteiger partial charge on any atom is 0.270 e. The number of non-ortho nitro benzene ring substituents is 1. The second-order valence-corrected chi connectivity index (χ2v) is 9.03. The highest BCUT2D eigenvalue weighted by atomic mass is 16.6.